The molecule has 0 saturated heterocycles. The molecule has 0 unspecified atom stereocenters. The lowest BCUT2D eigenvalue weighted by atomic mass is 9.67. The lowest BCUT2D eigenvalue weighted by molar-refractivity contribution is 0.469. The summed E-state index contributed by atoms with van der Waals surface area (Å²) in [5.74, 6) is 0.399. The van der Waals surface area contributed by atoms with E-state index in [-0.39, 0.29) is 27.7 Å². The highest BCUT2D eigenvalue weighted by Crippen LogP contribution is 2.46. The second-order valence-corrected chi connectivity index (χ2v) is 11.1. The normalized spacial score (nSPS) is 13.5. The third kappa shape index (κ3) is 3.34. The number of hydrogen-bond donors (Lipinski definition) is 2. The van der Waals surface area contributed by atoms with Crippen LogP contribution in [0.3, 0.4) is 0 Å². The van der Waals surface area contributed by atoms with Gasteiger partial charge in [-0.2, -0.15) is 0 Å². The zero-order chi connectivity index (χ0) is 21.2. The Bertz CT molecular complexity index is 1070. The maximum Gasteiger partial charge on any atom is 0.123 e. The van der Waals surface area contributed by atoms with Crippen molar-refractivity contribution in [3.05, 3.63) is 47.0 Å². The fourth-order valence-corrected chi connectivity index (χ4v) is 4.36. The van der Waals surface area contributed by atoms with E-state index in [0.717, 1.165) is 10.8 Å². The van der Waals surface area contributed by atoms with Crippen molar-refractivity contribution in [1.82, 2.24) is 0 Å². The number of phenols is 2. The maximum atomic E-state index is 10.5. The molecule has 0 fully saturated rings. The van der Waals surface area contributed by atoms with Crippen molar-refractivity contribution in [3.63, 3.8) is 0 Å². The van der Waals surface area contributed by atoms with Gasteiger partial charge in [-0.15, -0.1) is 0 Å². The van der Waals surface area contributed by atoms with Crippen LogP contribution in [0.4, 0.5) is 0 Å². The first-order valence-corrected chi connectivity index (χ1v) is 10.1. The largest absolute Gasteiger partial charge is 0.507 e. The lowest BCUT2D eigenvalue weighted by Crippen LogP contribution is -2.28. The molecule has 3 rings (SSSR count). The van der Waals surface area contributed by atoms with E-state index < -0.39 is 0 Å². The van der Waals surface area contributed by atoms with Gasteiger partial charge in [-0.25, -0.2) is 0 Å². The number of aromatic hydroxyl groups is 2. The van der Waals surface area contributed by atoms with E-state index in [4.69, 9.17) is 0 Å². The first kappa shape index (κ1) is 20.5. The molecule has 0 saturated carbocycles. The van der Waals surface area contributed by atoms with Crippen LogP contribution in [-0.4, -0.2) is 10.2 Å². The van der Waals surface area contributed by atoms with Crippen molar-refractivity contribution < 1.29 is 10.2 Å². The third-order valence-corrected chi connectivity index (χ3v) is 5.54. The highest BCUT2D eigenvalue weighted by molar-refractivity contribution is 6.05. The standard InChI is InChI=1S/C26H34O2/c1-24(2,3)19-13-15-12-17-18(21(28)11-10-20(17)27)14-16(15)22(25(4,5)6)23(19)26(7,8)9/h10-14,27-28H,1-9H3. The van der Waals surface area contributed by atoms with E-state index in [0.29, 0.717) is 10.8 Å². The summed E-state index contributed by atoms with van der Waals surface area (Å²) < 4.78 is 0. The van der Waals surface area contributed by atoms with Crippen molar-refractivity contribution >= 4 is 21.5 Å². The molecule has 2 heteroatoms. The van der Waals surface area contributed by atoms with E-state index in [9.17, 15) is 10.2 Å². The van der Waals surface area contributed by atoms with Gasteiger partial charge in [0, 0.05) is 10.8 Å². The van der Waals surface area contributed by atoms with Crippen LogP contribution in [0.2, 0.25) is 0 Å². The summed E-state index contributed by atoms with van der Waals surface area (Å²) in [4.78, 5) is 0. The molecule has 0 aliphatic rings. The van der Waals surface area contributed by atoms with E-state index in [2.05, 4.69) is 74.4 Å². The van der Waals surface area contributed by atoms with E-state index >= 15 is 0 Å². The number of hydrogen-bond acceptors (Lipinski definition) is 2. The lowest BCUT2D eigenvalue weighted by Gasteiger charge is -2.37. The summed E-state index contributed by atoms with van der Waals surface area (Å²) in [6, 6.07) is 9.49. The minimum atomic E-state index is -0.0672. The second kappa shape index (κ2) is 6.14. The Morgan fingerprint density at radius 3 is 1.43 bits per heavy atom. The minimum absolute atomic E-state index is 0.00731. The zero-order valence-corrected chi connectivity index (χ0v) is 18.8. The molecule has 3 aromatic carbocycles. The Hall–Kier alpha value is -2.22. The van der Waals surface area contributed by atoms with Crippen molar-refractivity contribution in [1.29, 1.82) is 0 Å². The number of phenolic OH excluding ortho intramolecular Hbond substituents is 2. The second-order valence-electron chi connectivity index (χ2n) is 11.1. The van der Waals surface area contributed by atoms with Crippen LogP contribution in [0.25, 0.3) is 21.5 Å². The van der Waals surface area contributed by atoms with Crippen molar-refractivity contribution in [2.75, 3.05) is 0 Å². The topological polar surface area (TPSA) is 40.5 Å². The summed E-state index contributed by atoms with van der Waals surface area (Å²) >= 11 is 0. The molecular formula is C26H34O2. The molecule has 2 N–H and O–H groups in total. The van der Waals surface area contributed by atoms with Gasteiger partial charge in [0.2, 0.25) is 0 Å². The Labute approximate surface area is 169 Å². The Kier molecular flexibility index (Phi) is 4.50. The summed E-state index contributed by atoms with van der Waals surface area (Å²) in [6.45, 7) is 20.4. The highest BCUT2D eigenvalue weighted by atomic mass is 16.3. The van der Waals surface area contributed by atoms with Gasteiger partial charge in [-0.05, 0) is 68.0 Å². The van der Waals surface area contributed by atoms with Gasteiger partial charge in [-0.3, -0.25) is 0 Å². The van der Waals surface area contributed by atoms with E-state index in [1.54, 1.807) is 12.1 Å². The molecule has 0 atom stereocenters. The number of benzene rings is 3. The van der Waals surface area contributed by atoms with E-state index in [1.165, 1.54) is 16.7 Å². The molecule has 0 radical (unpaired) electrons. The van der Waals surface area contributed by atoms with Crippen LogP contribution in [-0.2, 0) is 16.2 Å². The first-order chi connectivity index (χ1) is 12.6. The van der Waals surface area contributed by atoms with Crippen molar-refractivity contribution in [3.8, 4) is 11.5 Å². The summed E-state index contributed by atoms with van der Waals surface area (Å²) in [7, 11) is 0. The quantitative estimate of drug-likeness (QED) is 0.318. The van der Waals surface area contributed by atoms with Gasteiger partial charge >= 0.3 is 0 Å². The van der Waals surface area contributed by atoms with Gasteiger partial charge in [0.1, 0.15) is 11.5 Å². The summed E-state index contributed by atoms with van der Waals surface area (Å²) in [5, 5.41) is 24.5. The molecule has 28 heavy (non-hydrogen) atoms. The van der Waals surface area contributed by atoms with Crippen LogP contribution in [0.5, 0.6) is 11.5 Å². The molecule has 150 valence electrons. The zero-order valence-electron chi connectivity index (χ0n) is 18.8. The van der Waals surface area contributed by atoms with Crippen molar-refractivity contribution in [2.45, 2.75) is 78.6 Å². The van der Waals surface area contributed by atoms with E-state index in [1.807, 2.05) is 6.07 Å². The smallest absolute Gasteiger partial charge is 0.123 e. The molecule has 0 aliphatic carbocycles. The van der Waals surface area contributed by atoms with Gasteiger partial charge < -0.3 is 10.2 Å². The molecular weight excluding hydrogens is 344 g/mol. The maximum absolute atomic E-state index is 10.5. The molecule has 0 aliphatic heterocycles. The fourth-order valence-electron chi connectivity index (χ4n) is 4.36. The summed E-state index contributed by atoms with van der Waals surface area (Å²) in [5.41, 5.74) is 3.96. The predicted molar refractivity (Wildman–Crippen MR) is 121 cm³/mol. The van der Waals surface area contributed by atoms with Gasteiger partial charge in [0.15, 0.2) is 0 Å². The third-order valence-electron chi connectivity index (χ3n) is 5.54. The van der Waals surface area contributed by atoms with Gasteiger partial charge in [0.25, 0.3) is 0 Å². The van der Waals surface area contributed by atoms with Gasteiger partial charge in [0.05, 0.1) is 0 Å². The highest BCUT2D eigenvalue weighted by Gasteiger charge is 2.33. The molecule has 0 aromatic heterocycles. The Balaban J connectivity index is 2.66. The Morgan fingerprint density at radius 2 is 1.00 bits per heavy atom. The first-order valence-electron chi connectivity index (χ1n) is 10.1. The van der Waals surface area contributed by atoms with Gasteiger partial charge in [-0.1, -0.05) is 68.4 Å². The molecule has 0 heterocycles. The fraction of sp³-hybridized carbons (Fsp3) is 0.462. The molecule has 0 spiro atoms. The summed E-state index contributed by atoms with van der Waals surface area (Å²) in [6.07, 6.45) is 0. The Morgan fingerprint density at radius 1 is 0.536 bits per heavy atom. The average molecular weight is 379 g/mol. The monoisotopic (exact) mass is 378 g/mol. The van der Waals surface area contributed by atoms with Crippen LogP contribution >= 0.6 is 0 Å². The SMILES string of the molecule is CC(C)(C)c1cc2cc3c(O)ccc(O)c3cc2c(C(C)(C)C)c1C(C)(C)C. The van der Waals surface area contributed by atoms with Crippen molar-refractivity contribution in [2.24, 2.45) is 0 Å². The van der Waals surface area contributed by atoms with Crippen LogP contribution in [0, 0.1) is 0 Å². The molecule has 3 aromatic rings. The molecule has 0 amide bonds. The number of rotatable bonds is 0. The molecule has 0 bridgehead atoms. The van der Waals surface area contributed by atoms with Crippen LogP contribution in [0.15, 0.2) is 30.3 Å². The predicted octanol–water partition coefficient (Wildman–Crippen LogP) is 7.30. The van der Waals surface area contributed by atoms with Crippen LogP contribution in [0.1, 0.15) is 79.0 Å². The average Bonchev–Trinajstić information content (AvgIpc) is 2.52. The van der Waals surface area contributed by atoms with Crippen LogP contribution < -0.4 is 0 Å². The number of fused-ring (bicyclic) bond motifs is 2. The minimum Gasteiger partial charge on any atom is -0.507 e. The molecule has 2 nitrogen and oxygen atoms in total.